The maximum Gasteiger partial charge on any atom is 0.226 e. The summed E-state index contributed by atoms with van der Waals surface area (Å²) >= 11 is 0. The number of carbonyl (C=O) groups is 1. The Kier molecular flexibility index (Phi) is 6.45. The van der Waals surface area contributed by atoms with Crippen LogP contribution in [0.2, 0.25) is 0 Å². The van der Waals surface area contributed by atoms with Gasteiger partial charge in [-0.2, -0.15) is 0 Å². The molecule has 0 radical (unpaired) electrons. The van der Waals surface area contributed by atoms with Gasteiger partial charge in [-0.05, 0) is 32.1 Å². The number of hydrogen-bond acceptors (Lipinski definition) is 4. The van der Waals surface area contributed by atoms with Gasteiger partial charge in [0.1, 0.15) is 0 Å². The lowest BCUT2D eigenvalue weighted by Crippen LogP contribution is -2.52. The highest BCUT2D eigenvalue weighted by molar-refractivity contribution is 7.88. The Morgan fingerprint density at radius 2 is 1.78 bits per heavy atom. The maximum absolute atomic E-state index is 12.9. The number of aliphatic hydroxyl groups is 1. The molecule has 1 aliphatic carbocycles. The van der Waals surface area contributed by atoms with E-state index in [4.69, 9.17) is 0 Å². The number of hydrogen-bond donors (Lipinski definition) is 1. The van der Waals surface area contributed by atoms with Crippen molar-refractivity contribution in [2.75, 3.05) is 25.9 Å². The van der Waals surface area contributed by atoms with Crippen molar-refractivity contribution >= 4 is 15.9 Å². The van der Waals surface area contributed by atoms with Crippen LogP contribution < -0.4 is 0 Å². The van der Waals surface area contributed by atoms with Gasteiger partial charge in [-0.15, -0.1) is 0 Å². The lowest BCUT2D eigenvalue weighted by atomic mass is 9.89. The zero-order chi connectivity index (χ0) is 17.0. The predicted molar refractivity (Wildman–Crippen MR) is 89.4 cm³/mol. The van der Waals surface area contributed by atoms with Gasteiger partial charge in [0.2, 0.25) is 15.9 Å². The SMILES string of the molecule is CCCN(C(=O)C1CCN(S(C)(=O)=O)CC1)C1CCCCC1O. The fraction of sp³-hybridized carbons (Fsp3) is 0.938. The lowest BCUT2D eigenvalue weighted by Gasteiger charge is -2.40. The van der Waals surface area contributed by atoms with E-state index < -0.39 is 16.1 Å². The largest absolute Gasteiger partial charge is 0.391 e. The van der Waals surface area contributed by atoms with Crippen molar-refractivity contribution in [2.24, 2.45) is 5.92 Å². The molecule has 0 aromatic carbocycles. The molecule has 7 heteroatoms. The Bertz CT molecular complexity index is 500. The number of piperidine rings is 1. The van der Waals surface area contributed by atoms with Crippen LogP contribution in [0.1, 0.15) is 51.9 Å². The molecule has 0 spiro atoms. The molecule has 2 fully saturated rings. The van der Waals surface area contributed by atoms with Gasteiger partial charge in [0, 0.05) is 25.6 Å². The first-order chi connectivity index (χ1) is 10.8. The number of sulfonamides is 1. The van der Waals surface area contributed by atoms with Crippen LogP contribution in [0.25, 0.3) is 0 Å². The fourth-order valence-electron chi connectivity index (χ4n) is 3.80. The first-order valence-electron chi connectivity index (χ1n) is 8.78. The number of amides is 1. The molecule has 2 atom stereocenters. The van der Waals surface area contributed by atoms with Gasteiger partial charge in [-0.1, -0.05) is 19.8 Å². The zero-order valence-electron chi connectivity index (χ0n) is 14.3. The van der Waals surface area contributed by atoms with Crippen molar-refractivity contribution in [1.82, 2.24) is 9.21 Å². The third-order valence-electron chi connectivity index (χ3n) is 5.11. The van der Waals surface area contributed by atoms with Gasteiger partial charge in [0.25, 0.3) is 0 Å². The normalized spacial score (nSPS) is 27.8. The van der Waals surface area contributed by atoms with Crippen LogP contribution in [-0.2, 0) is 14.8 Å². The van der Waals surface area contributed by atoms with Crippen LogP contribution in [0.4, 0.5) is 0 Å². The second-order valence-electron chi connectivity index (χ2n) is 6.89. The molecule has 1 amide bonds. The van der Waals surface area contributed by atoms with E-state index in [1.807, 2.05) is 11.8 Å². The first-order valence-corrected chi connectivity index (χ1v) is 10.6. The second kappa shape index (κ2) is 7.94. The molecule has 1 aliphatic heterocycles. The third kappa shape index (κ3) is 4.67. The fourth-order valence-corrected chi connectivity index (χ4v) is 4.68. The van der Waals surface area contributed by atoms with E-state index in [0.29, 0.717) is 32.5 Å². The van der Waals surface area contributed by atoms with E-state index in [2.05, 4.69) is 0 Å². The molecule has 0 aromatic heterocycles. The summed E-state index contributed by atoms with van der Waals surface area (Å²) in [6, 6.07) is -0.0656. The molecule has 0 bridgehead atoms. The maximum atomic E-state index is 12.9. The number of carbonyl (C=O) groups excluding carboxylic acids is 1. The first kappa shape index (κ1) is 18.7. The summed E-state index contributed by atoms with van der Waals surface area (Å²) in [5.41, 5.74) is 0. The Balaban J connectivity index is 2.01. The molecule has 0 aromatic rings. The molecule has 1 N–H and O–H groups in total. The molecular weight excluding hydrogens is 316 g/mol. The summed E-state index contributed by atoms with van der Waals surface area (Å²) in [5, 5.41) is 10.3. The highest BCUT2D eigenvalue weighted by Crippen LogP contribution is 2.28. The highest BCUT2D eigenvalue weighted by Gasteiger charge is 2.36. The van der Waals surface area contributed by atoms with Crippen LogP contribution in [0, 0.1) is 5.92 Å². The van der Waals surface area contributed by atoms with Crippen molar-refractivity contribution in [3.05, 3.63) is 0 Å². The minimum atomic E-state index is -3.17. The van der Waals surface area contributed by atoms with E-state index in [0.717, 1.165) is 32.1 Å². The van der Waals surface area contributed by atoms with Crippen LogP contribution >= 0.6 is 0 Å². The smallest absolute Gasteiger partial charge is 0.226 e. The van der Waals surface area contributed by atoms with Crippen LogP contribution in [0.15, 0.2) is 0 Å². The average molecular weight is 346 g/mol. The van der Waals surface area contributed by atoms with Gasteiger partial charge in [-0.25, -0.2) is 12.7 Å². The molecule has 2 rings (SSSR count). The summed E-state index contributed by atoms with van der Waals surface area (Å²) in [7, 11) is -3.17. The molecule has 2 unspecified atom stereocenters. The van der Waals surface area contributed by atoms with Crippen molar-refractivity contribution in [1.29, 1.82) is 0 Å². The Morgan fingerprint density at radius 1 is 1.17 bits per heavy atom. The standard InChI is InChI=1S/C16H30N2O4S/c1-3-10-18(14-6-4-5-7-15(14)19)16(20)13-8-11-17(12-9-13)23(2,21)22/h13-15,19H,3-12H2,1-2H3. The Morgan fingerprint density at radius 3 is 2.30 bits per heavy atom. The van der Waals surface area contributed by atoms with E-state index in [1.54, 1.807) is 0 Å². The monoisotopic (exact) mass is 346 g/mol. The van der Waals surface area contributed by atoms with Gasteiger partial charge >= 0.3 is 0 Å². The summed E-state index contributed by atoms with van der Waals surface area (Å²) in [6.45, 7) is 3.56. The molecule has 23 heavy (non-hydrogen) atoms. The molecule has 1 saturated heterocycles. The number of nitrogens with zero attached hydrogens (tertiary/aromatic N) is 2. The Hall–Kier alpha value is -0.660. The van der Waals surface area contributed by atoms with Gasteiger partial charge in [-0.3, -0.25) is 4.79 Å². The number of aliphatic hydroxyl groups excluding tert-OH is 1. The minimum absolute atomic E-state index is 0.0656. The molecule has 2 aliphatic rings. The zero-order valence-corrected chi connectivity index (χ0v) is 15.1. The summed E-state index contributed by atoms with van der Waals surface area (Å²) in [4.78, 5) is 14.8. The lowest BCUT2D eigenvalue weighted by molar-refractivity contribution is -0.143. The molecular formula is C16H30N2O4S. The molecule has 134 valence electrons. The van der Waals surface area contributed by atoms with E-state index in [-0.39, 0.29) is 17.9 Å². The van der Waals surface area contributed by atoms with Gasteiger partial charge in [0.15, 0.2) is 0 Å². The van der Waals surface area contributed by atoms with Gasteiger partial charge in [0.05, 0.1) is 18.4 Å². The third-order valence-corrected chi connectivity index (χ3v) is 6.42. The van der Waals surface area contributed by atoms with Crippen LogP contribution in [-0.4, -0.2) is 66.7 Å². The Labute approximate surface area is 139 Å². The molecule has 1 heterocycles. The number of rotatable bonds is 5. The minimum Gasteiger partial charge on any atom is -0.391 e. The van der Waals surface area contributed by atoms with E-state index in [9.17, 15) is 18.3 Å². The summed E-state index contributed by atoms with van der Waals surface area (Å²) in [5.74, 6) is -0.0142. The van der Waals surface area contributed by atoms with Gasteiger partial charge < -0.3 is 10.0 Å². The van der Waals surface area contributed by atoms with E-state index >= 15 is 0 Å². The van der Waals surface area contributed by atoms with Crippen molar-refractivity contribution in [3.63, 3.8) is 0 Å². The molecule has 1 saturated carbocycles. The van der Waals surface area contributed by atoms with Crippen molar-refractivity contribution in [2.45, 2.75) is 64.0 Å². The second-order valence-corrected chi connectivity index (χ2v) is 8.87. The van der Waals surface area contributed by atoms with Crippen LogP contribution in [0.5, 0.6) is 0 Å². The average Bonchev–Trinajstić information content (AvgIpc) is 2.52. The highest BCUT2D eigenvalue weighted by atomic mass is 32.2. The van der Waals surface area contributed by atoms with Crippen LogP contribution in [0.3, 0.4) is 0 Å². The molecule has 6 nitrogen and oxygen atoms in total. The summed E-state index contributed by atoms with van der Waals surface area (Å²) < 4.78 is 24.6. The van der Waals surface area contributed by atoms with E-state index in [1.165, 1.54) is 10.6 Å². The van der Waals surface area contributed by atoms with Crippen molar-refractivity contribution in [3.8, 4) is 0 Å². The summed E-state index contributed by atoms with van der Waals surface area (Å²) in [6.07, 6.45) is 6.55. The van der Waals surface area contributed by atoms with Crippen molar-refractivity contribution < 1.29 is 18.3 Å². The quantitative estimate of drug-likeness (QED) is 0.811. The topological polar surface area (TPSA) is 77.9 Å². The predicted octanol–water partition coefficient (Wildman–Crippen LogP) is 1.20.